The third-order valence-electron chi connectivity index (χ3n) is 5.63. The lowest BCUT2D eigenvalue weighted by Gasteiger charge is -2.34. The summed E-state index contributed by atoms with van der Waals surface area (Å²) in [6.07, 6.45) is 8.40. The molecule has 4 rings (SSSR count). The summed E-state index contributed by atoms with van der Waals surface area (Å²) in [7, 11) is 1.93. The molecule has 2 aromatic rings. The number of rotatable bonds is 4. The Kier molecular flexibility index (Phi) is 4.02. The summed E-state index contributed by atoms with van der Waals surface area (Å²) in [5.74, 6) is 0.0711. The van der Waals surface area contributed by atoms with Crippen molar-refractivity contribution >= 4 is 11.6 Å². The number of piperidine rings is 1. The lowest BCUT2D eigenvalue weighted by Crippen LogP contribution is -2.48. The van der Waals surface area contributed by atoms with Crippen molar-refractivity contribution in [3.8, 4) is 0 Å². The number of hydrogen-bond acceptors (Lipinski definition) is 3. The van der Waals surface area contributed by atoms with E-state index in [9.17, 15) is 4.79 Å². The highest BCUT2D eigenvalue weighted by Gasteiger charge is 2.41. The fraction of sp³-hybridized carbons (Fsp3) is 0.500. The first kappa shape index (κ1) is 16.2. The molecule has 1 saturated heterocycles. The standard InChI is InChI=1S/C20H26N4O/c1-20(9-10-20)18-8-4-3-7-17(18)19(25)22-15-6-5-11-24(13-15)16-12-21-23(2)14-16/h3-4,7-8,12,14-15H,5-6,9-11,13H2,1-2H3,(H,22,25). The van der Waals surface area contributed by atoms with Crippen molar-refractivity contribution in [1.82, 2.24) is 15.1 Å². The Morgan fingerprint density at radius 1 is 1.32 bits per heavy atom. The van der Waals surface area contributed by atoms with E-state index in [0.29, 0.717) is 0 Å². The van der Waals surface area contributed by atoms with Crippen LogP contribution < -0.4 is 10.2 Å². The highest BCUT2D eigenvalue weighted by atomic mass is 16.1. The second-order valence-corrected chi connectivity index (χ2v) is 7.74. The number of anilines is 1. The molecule has 132 valence electrons. The topological polar surface area (TPSA) is 50.2 Å². The molecular formula is C20H26N4O. The minimum atomic E-state index is 0.0711. The minimum Gasteiger partial charge on any atom is -0.367 e. The molecule has 1 aliphatic carbocycles. The van der Waals surface area contributed by atoms with Crippen molar-refractivity contribution in [3.05, 3.63) is 47.8 Å². The number of carbonyl (C=O) groups is 1. The van der Waals surface area contributed by atoms with Crippen LogP contribution in [0.4, 0.5) is 5.69 Å². The van der Waals surface area contributed by atoms with Crippen LogP contribution in [0.1, 0.15) is 48.5 Å². The van der Waals surface area contributed by atoms with Gasteiger partial charge in [0.25, 0.3) is 5.91 Å². The van der Waals surface area contributed by atoms with E-state index in [1.807, 2.05) is 42.3 Å². The second kappa shape index (κ2) is 6.21. The summed E-state index contributed by atoms with van der Waals surface area (Å²) in [5, 5.41) is 7.53. The number of nitrogens with zero attached hydrogens (tertiary/aromatic N) is 3. The van der Waals surface area contributed by atoms with Gasteiger partial charge in [-0.15, -0.1) is 0 Å². The normalized spacial score (nSPS) is 21.8. The maximum absolute atomic E-state index is 12.9. The fourth-order valence-corrected chi connectivity index (χ4v) is 3.83. The van der Waals surface area contributed by atoms with E-state index in [2.05, 4.69) is 28.3 Å². The first-order valence-electron chi connectivity index (χ1n) is 9.19. The Morgan fingerprint density at radius 2 is 2.12 bits per heavy atom. The average Bonchev–Trinajstić information content (AvgIpc) is 3.22. The molecule has 25 heavy (non-hydrogen) atoms. The molecule has 1 saturated carbocycles. The summed E-state index contributed by atoms with van der Waals surface area (Å²) in [6, 6.07) is 8.27. The molecule has 2 heterocycles. The fourth-order valence-electron chi connectivity index (χ4n) is 3.83. The number of hydrogen-bond donors (Lipinski definition) is 1. The number of aryl methyl sites for hydroxylation is 1. The van der Waals surface area contributed by atoms with E-state index in [0.717, 1.165) is 37.2 Å². The first-order chi connectivity index (χ1) is 12.0. The number of amides is 1. The highest BCUT2D eigenvalue weighted by Crippen LogP contribution is 2.48. The molecule has 1 aromatic heterocycles. The Morgan fingerprint density at radius 3 is 2.84 bits per heavy atom. The number of aromatic nitrogens is 2. The zero-order valence-corrected chi connectivity index (χ0v) is 15.0. The molecule has 1 atom stereocenters. The van der Waals surface area contributed by atoms with Crippen LogP contribution in [0.25, 0.3) is 0 Å². The SMILES string of the molecule is Cn1cc(N2CCCC(NC(=O)c3ccccc3C3(C)CC3)C2)cn1. The van der Waals surface area contributed by atoms with Gasteiger partial charge in [0.2, 0.25) is 0 Å². The maximum atomic E-state index is 12.9. The van der Waals surface area contributed by atoms with Crippen LogP contribution in [0, 0.1) is 0 Å². The number of nitrogens with one attached hydrogen (secondary N) is 1. The first-order valence-corrected chi connectivity index (χ1v) is 9.19. The number of benzene rings is 1. The van der Waals surface area contributed by atoms with Crippen molar-refractivity contribution in [2.75, 3.05) is 18.0 Å². The maximum Gasteiger partial charge on any atom is 0.251 e. The molecule has 2 fully saturated rings. The van der Waals surface area contributed by atoms with Gasteiger partial charge < -0.3 is 10.2 Å². The quantitative estimate of drug-likeness (QED) is 0.932. The van der Waals surface area contributed by atoms with E-state index in [4.69, 9.17) is 0 Å². The predicted molar refractivity (Wildman–Crippen MR) is 98.9 cm³/mol. The van der Waals surface area contributed by atoms with E-state index >= 15 is 0 Å². The minimum absolute atomic E-state index is 0.0711. The molecule has 1 unspecified atom stereocenters. The van der Waals surface area contributed by atoms with Gasteiger partial charge in [-0.05, 0) is 42.7 Å². The van der Waals surface area contributed by atoms with Gasteiger partial charge in [0.05, 0.1) is 11.9 Å². The Balaban J connectivity index is 1.46. The highest BCUT2D eigenvalue weighted by molar-refractivity contribution is 5.96. The van der Waals surface area contributed by atoms with Crippen LogP contribution >= 0.6 is 0 Å². The van der Waals surface area contributed by atoms with Crippen molar-refractivity contribution in [2.24, 2.45) is 7.05 Å². The van der Waals surface area contributed by atoms with Gasteiger partial charge in [-0.1, -0.05) is 25.1 Å². The molecule has 0 radical (unpaired) electrons. The van der Waals surface area contributed by atoms with Crippen molar-refractivity contribution < 1.29 is 4.79 Å². The Bertz CT molecular complexity index is 778. The third-order valence-corrected chi connectivity index (χ3v) is 5.63. The molecule has 1 N–H and O–H groups in total. The van der Waals surface area contributed by atoms with Crippen molar-refractivity contribution in [2.45, 2.75) is 44.1 Å². The second-order valence-electron chi connectivity index (χ2n) is 7.74. The molecule has 1 aliphatic heterocycles. The average molecular weight is 338 g/mol. The molecule has 5 nitrogen and oxygen atoms in total. The largest absolute Gasteiger partial charge is 0.367 e. The monoisotopic (exact) mass is 338 g/mol. The van der Waals surface area contributed by atoms with Gasteiger partial charge in [-0.2, -0.15) is 5.10 Å². The lowest BCUT2D eigenvalue weighted by atomic mass is 9.92. The Hall–Kier alpha value is -2.30. The van der Waals surface area contributed by atoms with Gasteiger partial charge >= 0.3 is 0 Å². The van der Waals surface area contributed by atoms with Crippen molar-refractivity contribution in [1.29, 1.82) is 0 Å². The lowest BCUT2D eigenvalue weighted by molar-refractivity contribution is 0.0931. The zero-order chi connectivity index (χ0) is 17.4. The zero-order valence-electron chi connectivity index (χ0n) is 15.0. The van der Waals surface area contributed by atoms with Gasteiger partial charge in [0.15, 0.2) is 0 Å². The van der Waals surface area contributed by atoms with E-state index < -0.39 is 0 Å². The summed E-state index contributed by atoms with van der Waals surface area (Å²) >= 11 is 0. The molecule has 0 bridgehead atoms. The van der Waals surface area contributed by atoms with Gasteiger partial charge in [-0.3, -0.25) is 9.48 Å². The molecule has 1 amide bonds. The summed E-state index contributed by atoms with van der Waals surface area (Å²) < 4.78 is 1.82. The molecule has 0 spiro atoms. The van der Waals surface area contributed by atoms with Gasteiger partial charge in [0.1, 0.15) is 0 Å². The van der Waals surface area contributed by atoms with Gasteiger partial charge in [0, 0.05) is 37.9 Å². The van der Waals surface area contributed by atoms with Gasteiger partial charge in [-0.25, -0.2) is 0 Å². The molecule has 2 aliphatic rings. The summed E-state index contributed by atoms with van der Waals surface area (Å²) in [6.45, 7) is 4.12. The number of carbonyl (C=O) groups excluding carboxylic acids is 1. The van der Waals surface area contributed by atoms with Crippen LogP contribution in [0.15, 0.2) is 36.7 Å². The molecule has 1 aromatic carbocycles. The van der Waals surface area contributed by atoms with Crippen LogP contribution in [-0.2, 0) is 12.5 Å². The van der Waals surface area contributed by atoms with E-state index in [1.165, 1.54) is 18.4 Å². The smallest absolute Gasteiger partial charge is 0.251 e. The molecule has 5 heteroatoms. The third kappa shape index (κ3) is 3.28. The van der Waals surface area contributed by atoms with Crippen LogP contribution in [0.5, 0.6) is 0 Å². The Labute approximate surface area is 149 Å². The molecular weight excluding hydrogens is 312 g/mol. The van der Waals surface area contributed by atoms with E-state index in [1.54, 1.807) is 0 Å². The van der Waals surface area contributed by atoms with Crippen LogP contribution in [0.3, 0.4) is 0 Å². The van der Waals surface area contributed by atoms with Crippen molar-refractivity contribution in [3.63, 3.8) is 0 Å². The van der Waals surface area contributed by atoms with Crippen LogP contribution in [0.2, 0.25) is 0 Å². The van der Waals surface area contributed by atoms with E-state index in [-0.39, 0.29) is 17.4 Å². The summed E-state index contributed by atoms with van der Waals surface area (Å²) in [4.78, 5) is 15.2. The van der Waals surface area contributed by atoms with Crippen LogP contribution in [-0.4, -0.2) is 34.8 Å². The summed E-state index contributed by atoms with van der Waals surface area (Å²) in [5.41, 5.74) is 3.38. The predicted octanol–water partition coefficient (Wildman–Crippen LogP) is 2.87.